The van der Waals surface area contributed by atoms with Crippen LogP contribution in [0.3, 0.4) is 0 Å². The smallest absolute Gasteiger partial charge is 0.235 e. The molecule has 2 aromatic carbocycles. The van der Waals surface area contributed by atoms with E-state index >= 15 is 0 Å². The van der Waals surface area contributed by atoms with Gasteiger partial charge in [0.2, 0.25) is 4.96 Å². The molecule has 8 heteroatoms. The predicted molar refractivity (Wildman–Crippen MR) is 113 cm³/mol. The third-order valence-corrected chi connectivity index (χ3v) is 5.90. The molecule has 0 amide bonds. The van der Waals surface area contributed by atoms with Crippen LogP contribution in [0.25, 0.3) is 26.9 Å². The summed E-state index contributed by atoms with van der Waals surface area (Å²) in [6.45, 7) is 6.28. The minimum absolute atomic E-state index is 0.523. The Morgan fingerprint density at radius 1 is 1.00 bits per heavy atom. The second-order valence-corrected chi connectivity index (χ2v) is 7.77. The summed E-state index contributed by atoms with van der Waals surface area (Å²) in [5.74, 6) is 0.605. The maximum absolute atomic E-state index is 6.33. The van der Waals surface area contributed by atoms with Crippen LogP contribution in [0, 0.1) is 0 Å². The lowest BCUT2D eigenvalue weighted by Gasteiger charge is -2.20. The van der Waals surface area contributed by atoms with Crippen LogP contribution in [0.5, 0.6) is 0 Å². The molecule has 138 valence electrons. The molecule has 4 rings (SSSR count). The van der Waals surface area contributed by atoms with Crippen molar-refractivity contribution in [3.63, 3.8) is 0 Å². The van der Waals surface area contributed by atoms with E-state index in [1.807, 2.05) is 6.07 Å². The van der Waals surface area contributed by atoms with E-state index in [1.54, 1.807) is 16.6 Å². The molecule has 0 aliphatic rings. The fourth-order valence-corrected chi connectivity index (χ4v) is 4.31. The van der Waals surface area contributed by atoms with Gasteiger partial charge >= 0.3 is 0 Å². The van der Waals surface area contributed by atoms with Crippen LogP contribution < -0.4 is 4.90 Å². The van der Waals surface area contributed by atoms with Gasteiger partial charge in [-0.25, -0.2) is 0 Å². The van der Waals surface area contributed by atoms with Crippen LogP contribution in [0.1, 0.15) is 13.8 Å². The first kappa shape index (κ1) is 18.2. The van der Waals surface area contributed by atoms with Crippen molar-refractivity contribution in [1.82, 2.24) is 19.8 Å². The molecule has 2 heterocycles. The molecule has 0 aliphatic carbocycles. The van der Waals surface area contributed by atoms with Crippen molar-refractivity contribution < 1.29 is 0 Å². The number of aromatic nitrogens is 4. The van der Waals surface area contributed by atoms with E-state index < -0.39 is 0 Å². The maximum atomic E-state index is 6.33. The molecule has 0 atom stereocenters. The second-order valence-electron chi connectivity index (χ2n) is 5.97. The van der Waals surface area contributed by atoms with Crippen LogP contribution in [0.4, 0.5) is 5.69 Å². The quantitative estimate of drug-likeness (QED) is 0.419. The van der Waals surface area contributed by atoms with Gasteiger partial charge in [-0.3, -0.25) is 0 Å². The maximum Gasteiger partial charge on any atom is 0.235 e. The predicted octanol–water partition coefficient (Wildman–Crippen LogP) is 5.67. The van der Waals surface area contributed by atoms with Gasteiger partial charge in [0.15, 0.2) is 5.82 Å². The molecule has 4 aromatic rings. The van der Waals surface area contributed by atoms with Crippen molar-refractivity contribution in [3.05, 3.63) is 52.5 Å². The Labute approximate surface area is 171 Å². The van der Waals surface area contributed by atoms with E-state index in [1.165, 1.54) is 17.0 Å². The standard InChI is InChI=1S/C19H17Cl2N5S/c1-3-25(4-2)14-8-5-12(6-9-14)18-24-26-17(22-23-19(26)27-18)15-10-7-13(20)11-16(15)21/h5-11H,3-4H2,1-2H3. The summed E-state index contributed by atoms with van der Waals surface area (Å²) in [5, 5.41) is 15.2. The molecule has 0 N–H and O–H groups in total. The Morgan fingerprint density at radius 3 is 2.41 bits per heavy atom. The van der Waals surface area contributed by atoms with Crippen molar-refractivity contribution in [2.75, 3.05) is 18.0 Å². The molecule has 0 fully saturated rings. The zero-order valence-corrected chi connectivity index (χ0v) is 17.2. The van der Waals surface area contributed by atoms with Crippen LogP contribution in [0.2, 0.25) is 10.0 Å². The summed E-state index contributed by atoms with van der Waals surface area (Å²) in [6, 6.07) is 13.7. The van der Waals surface area contributed by atoms with Gasteiger partial charge in [-0.1, -0.05) is 34.5 Å². The van der Waals surface area contributed by atoms with Crippen LogP contribution >= 0.6 is 34.5 Å². The van der Waals surface area contributed by atoms with Crippen molar-refractivity contribution in [3.8, 4) is 22.0 Å². The van der Waals surface area contributed by atoms with Gasteiger partial charge in [0, 0.05) is 34.9 Å². The number of halogens is 2. The highest BCUT2D eigenvalue weighted by Crippen LogP contribution is 2.32. The van der Waals surface area contributed by atoms with Gasteiger partial charge < -0.3 is 4.90 Å². The summed E-state index contributed by atoms with van der Waals surface area (Å²) in [7, 11) is 0. The lowest BCUT2D eigenvalue weighted by molar-refractivity contribution is 0.866. The zero-order valence-electron chi connectivity index (χ0n) is 14.9. The summed E-state index contributed by atoms with van der Waals surface area (Å²) in [4.78, 5) is 3.03. The Hall–Kier alpha value is -2.15. The molecule has 0 spiro atoms. The van der Waals surface area contributed by atoms with E-state index in [0.717, 1.165) is 34.2 Å². The van der Waals surface area contributed by atoms with E-state index in [4.69, 9.17) is 28.3 Å². The molecule has 5 nitrogen and oxygen atoms in total. The van der Waals surface area contributed by atoms with Crippen LogP contribution in [-0.4, -0.2) is 32.9 Å². The molecule has 0 saturated carbocycles. The van der Waals surface area contributed by atoms with E-state index in [9.17, 15) is 0 Å². The van der Waals surface area contributed by atoms with Crippen molar-refractivity contribution in [1.29, 1.82) is 0 Å². The highest BCUT2D eigenvalue weighted by molar-refractivity contribution is 7.19. The number of hydrogen-bond acceptors (Lipinski definition) is 5. The van der Waals surface area contributed by atoms with Gasteiger partial charge in [0.1, 0.15) is 5.01 Å². The molecule has 0 saturated heterocycles. The van der Waals surface area contributed by atoms with E-state index in [-0.39, 0.29) is 0 Å². The average Bonchev–Trinajstić information content (AvgIpc) is 3.25. The first-order valence-electron chi connectivity index (χ1n) is 8.63. The first-order valence-corrected chi connectivity index (χ1v) is 10.2. The Balaban J connectivity index is 1.71. The average molecular weight is 418 g/mol. The summed E-state index contributed by atoms with van der Waals surface area (Å²) in [5.41, 5.74) is 3.01. The lowest BCUT2D eigenvalue weighted by Crippen LogP contribution is -2.21. The van der Waals surface area contributed by atoms with Gasteiger partial charge in [0.25, 0.3) is 0 Å². The van der Waals surface area contributed by atoms with Gasteiger partial charge in [-0.05, 0) is 56.3 Å². The number of nitrogens with zero attached hydrogens (tertiary/aromatic N) is 5. The summed E-state index contributed by atoms with van der Waals surface area (Å²) >= 11 is 13.8. The molecule has 0 bridgehead atoms. The minimum Gasteiger partial charge on any atom is -0.372 e. The molecular weight excluding hydrogens is 401 g/mol. The number of rotatable bonds is 5. The van der Waals surface area contributed by atoms with Crippen LogP contribution in [0.15, 0.2) is 42.5 Å². The highest BCUT2D eigenvalue weighted by Gasteiger charge is 2.17. The monoisotopic (exact) mass is 417 g/mol. The molecule has 2 aromatic heterocycles. The molecule has 27 heavy (non-hydrogen) atoms. The summed E-state index contributed by atoms with van der Waals surface area (Å²) in [6.07, 6.45) is 0. The molecule has 0 unspecified atom stereocenters. The Bertz CT molecular complexity index is 1080. The van der Waals surface area contributed by atoms with Crippen molar-refractivity contribution in [2.45, 2.75) is 13.8 Å². The fourth-order valence-electron chi connectivity index (χ4n) is 2.98. The normalized spacial score (nSPS) is 11.3. The number of hydrogen-bond donors (Lipinski definition) is 0. The zero-order chi connectivity index (χ0) is 19.0. The largest absolute Gasteiger partial charge is 0.372 e. The van der Waals surface area contributed by atoms with Gasteiger partial charge in [-0.2, -0.15) is 9.61 Å². The first-order chi connectivity index (χ1) is 13.1. The summed E-state index contributed by atoms with van der Waals surface area (Å²) < 4.78 is 1.73. The Morgan fingerprint density at radius 2 is 1.74 bits per heavy atom. The van der Waals surface area contributed by atoms with Gasteiger partial charge in [0.05, 0.1) is 5.02 Å². The lowest BCUT2D eigenvalue weighted by atomic mass is 10.2. The third kappa shape index (κ3) is 3.40. The fraction of sp³-hybridized carbons (Fsp3) is 0.211. The van der Waals surface area contributed by atoms with Crippen LogP contribution in [-0.2, 0) is 0 Å². The van der Waals surface area contributed by atoms with Gasteiger partial charge in [-0.15, -0.1) is 10.2 Å². The number of benzene rings is 2. The highest BCUT2D eigenvalue weighted by atomic mass is 35.5. The van der Waals surface area contributed by atoms with Crippen molar-refractivity contribution >= 4 is 45.2 Å². The minimum atomic E-state index is 0.523. The van der Waals surface area contributed by atoms with E-state index in [0.29, 0.717) is 15.9 Å². The van der Waals surface area contributed by atoms with E-state index in [2.05, 4.69) is 53.2 Å². The topological polar surface area (TPSA) is 46.3 Å². The van der Waals surface area contributed by atoms with Crippen molar-refractivity contribution in [2.24, 2.45) is 0 Å². The second kappa shape index (κ2) is 7.46. The number of fused-ring (bicyclic) bond motifs is 1. The molecule has 0 radical (unpaired) electrons. The molecular formula is C19H17Cl2N5S. The third-order valence-electron chi connectivity index (χ3n) is 4.41. The molecule has 0 aliphatic heterocycles. The Kier molecular flexibility index (Phi) is 5.04. The SMILES string of the molecule is CCN(CC)c1ccc(-c2nn3c(-c4ccc(Cl)cc4Cl)nnc3s2)cc1. The number of anilines is 1.